The van der Waals surface area contributed by atoms with Gasteiger partial charge >= 0.3 is 0 Å². The number of rotatable bonds is 1. The van der Waals surface area contributed by atoms with E-state index in [1.807, 2.05) is 17.5 Å². The second-order valence-corrected chi connectivity index (χ2v) is 4.09. The summed E-state index contributed by atoms with van der Waals surface area (Å²) in [5.41, 5.74) is 1.34. The molecule has 1 N–H and O–H groups in total. The Morgan fingerprint density at radius 1 is 1.50 bits per heavy atom. The van der Waals surface area contributed by atoms with Gasteiger partial charge in [0, 0.05) is 0 Å². The van der Waals surface area contributed by atoms with Crippen molar-refractivity contribution in [2.45, 2.75) is 6.61 Å². The molecule has 0 amide bonds. The van der Waals surface area contributed by atoms with E-state index in [1.165, 1.54) is 11.3 Å². The lowest BCUT2D eigenvalue weighted by Gasteiger charge is -1.97. The maximum absolute atomic E-state index is 9.04. The van der Waals surface area contributed by atoms with Crippen molar-refractivity contribution >= 4 is 33.0 Å². The van der Waals surface area contributed by atoms with Gasteiger partial charge in [-0.3, -0.25) is 0 Å². The van der Waals surface area contributed by atoms with Gasteiger partial charge < -0.3 is 5.11 Å². The lowest BCUT2D eigenvalue weighted by atomic mass is 10.1. The molecule has 1 aromatic heterocycles. The Labute approximate surface area is 90.0 Å². The quantitative estimate of drug-likeness (QED) is 0.808. The second kappa shape index (κ2) is 3.58. The molecule has 2 nitrogen and oxygen atoms in total. The van der Waals surface area contributed by atoms with Crippen molar-refractivity contribution in [1.29, 1.82) is 5.26 Å². The third kappa shape index (κ3) is 1.28. The molecule has 1 heterocycles. The summed E-state index contributed by atoms with van der Waals surface area (Å²) in [5.74, 6) is 0. The van der Waals surface area contributed by atoms with Crippen molar-refractivity contribution < 1.29 is 5.11 Å². The molecule has 70 valence electrons. The van der Waals surface area contributed by atoms with E-state index in [2.05, 4.69) is 0 Å². The van der Waals surface area contributed by atoms with Gasteiger partial charge in [0.1, 0.15) is 6.07 Å². The number of fused-ring (bicyclic) bond motifs is 1. The summed E-state index contributed by atoms with van der Waals surface area (Å²) in [4.78, 5) is 0. The fraction of sp³-hybridized carbons (Fsp3) is 0.100. The fourth-order valence-corrected chi connectivity index (χ4v) is 2.67. The Bertz CT molecular complexity index is 527. The molecule has 0 aliphatic rings. The van der Waals surface area contributed by atoms with Crippen LogP contribution in [-0.4, -0.2) is 5.11 Å². The maximum atomic E-state index is 9.04. The molecule has 14 heavy (non-hydrogen) atoms. The van der Waals surface area contributed by atoms with Crippen LogP contribution in [0, 0.1) is 11.3 Å². The zero-order valence-electron chi connectivity index (χ0n) is 7.12. The maximum Gasteiger partial charge on any atom is 0.101 e. The number of nitrogens with zero attached hydrogens (tertiary/aromatic N) is 1. The largest absolute Gasteiger partial charge is 0.392 e. The van der Waals surface area contributed by atoms with Gasteiger partial charge in [-0.05, 0) is 22.4 Å². The summed E-state index contributed by atoms with van der Waals surface area (Å²) in [5, 5.41) is 21.1. The molecule has 0 bridgehead atoms. The molecule has 4 heteroatoms. The first kappa shape index (κ1) is 9.47. The van der Waals surface area contributed by atoms with Crippen LogP contribution in [0.4, 0.5) is 0 Å². The van der Waals surface area contributed by atoms with Crippen LogP contribution in [0.15, 0.2) is 17.5 Å². The van der Waals surface area contributed by atoms with Crippen LogP contribution in [0.25, 0.3) is 10.1 Å². The molecular formula is C10H6ClNOS. The van der Waals surface area contributed by atoms with Crippen LogP contribution in [-0.2, 0) is 6.61 Å². The van der Waals surface area contributed by atoms with Crippen LogP contribution < -0.4 is 0 Å². The van der Waals surface area contributed by atoms with E-state index in [4.69, 9.17) is 22.0 Å². The van der Waals surface area contributed by atoms with Gasteiger partial charge in [0.25, 0.3) is 0 Å². The minimum atomic E-state index is 0.00221. The van der Waals surface area contributed by atoms with Gasteiger partial charge in [0.05, 0.1) is 21.9 Å². The van der Waals surface area contributed by atoms with Crippen molar-refractivity contribution in [2.24, 2.45) is 0 Å². The number of hydrogen-bond donors (Lipinski definition) is 1. The smallest absolute Gasteiger partial charge is 0.101 e. The normalized spacial score (nSPS) is 10.4. The van der Waals surface area contributed by atoms with Crippen molar-refractivity contribution in [3.05, 3.63) is 33.7 Å². The molecule has 0 unspecified atom stereocenters. The zero-order chi connectivity index (χ0) is 10.1. The van der Waals surface area contributed by atoms with Gasteiger partial charge in [-0.15, -0.1) is 11.3 Å². The Balaban J connectivity index is 2.80. The van der Waals surface area contributed by atoms with Crippen molar-refractivity contribution in [3.8, 4) is 6.07 Å². The van der Waals surface area contributed by atoms with E-state index < -0.39 is 0 Å². The highest BCUT2D eigenvalue weighted by Crippen LogP contribution is 2.34. The molecule has 2 rings (SSSR count). The average Bonchev–Trinajstić information content (AvgIpc) is 2.62. The SMILES string of the molecule is N#Cc1ccc2c(CO)csc2c1Cl. The second-order valence-electron chi connectivity index (χ2n) is 2.83. The van der Waals surface area contributed by atoms with Crippen LogP contribution in [0.1, 0.15) is 11.1 Å². The molecule has 1 aromatic carbocycles. The zero-order valence-corrected chi connectivity index (χ0v) is 8.69. The Hall–Kier alpha value is -1.08. The molecular weight excluding hydrogens is 218 g/mol. The van der Waals surface area contributed by atoms with Gasteiger partial charge in [0.15, 0.2) is 0 Å². The lowest BCUT2D eigenvalue weighted by Crippen LogP contribution is -1.81. The van der Waals surface area contributed by atoms with Crippen LogP contribution in [0.2, 0.25) is 5.02 Å². The van der Waals surface area contributed by atoms with Crippen LogP contribution in [0.3, 0.4) is 0 Å². The molecule has 0 atom stereocenters. The standard InChI is InChI=1S/C10H6ClNOS/c11-9-6(3-12)1-2-8-7(4-13)5-14-10(8)9/h1-2,5,13H,4H2. The predicted octanol–water partition coefficient (Wildman–Crippen LogP) is 2.92. The third-order valence-corrected chi connectivity index (χ3v) is 3.62. The van der Waals surface area contributed by atoms with E-state index in [0.29, 0.717) is 10.6 Å². The molecule has 0 saturated heterocycles. The Morgan fingerprint density at radius 2 is 2.29 bits per heavy atom. The molecule has 0 spiro atoms. The van der Waals surface area contributed by atoms with Crippen LogP contribution in [0.5, 0.6) is 0 Å². The molecule has 0 saturated carbocycles. The average molecular weight is 224 g/mol. The minimum absolute atomic E-state index is 0.00221. The van der Waals surface area contributed by atoms with Crippen LogP contribution >= 0.6 is 22.9 Å². The summed E-state index contributed by atoms with van der Waals surface area (Å²) < 4.78 is 0.870. The molecule has 0 fully saturated rings. The predicted molar refractivity (Wildman–Crippen MR) is 57.5 cm³/mol. The molecule has 0 radical (unpaired) electrons. The number of halogens is 1. The van der Waals surface area contributed by atoms with Crippen molar-refractivity contribution in [3.63, 3.8) is 0 Å². The number of hydrogen-bond acceptors (Lipinski definition) is 3. The number of benzene rings is 1. The highest BCUT2D eigenvalue weighted by atomic mass is 35.5. The highest BCUT2D eigenvalue weighted by molar-refractivity contribution is 7.18. The van der Waals surface area contributed by atoms with Crippen molar-refractivity contribution in [2.75, 3.05) is 0 Å². The van der Waals surface area contributed by atoms with Gasteiger partial charge in [-0.25, -0.2) is 0 Å². The Morgan fingerprint density at radius 3 is 2.93 bits per heavy atom. The number of aliphatic hydroxyl groups is 1. The van der Waals surface area contributed by atoms with Gasteiger partial charge in [-0.1, -0.05) is 17.7 Å². The van der Waals surface area contributed by atoms with Gasteiger partial charge in [0.2, 0.25) is 0 Å². The first-order valence-electron chi connectivity index (χ1n) is 3.97. The monoisotopic (exact) mass is 223 g/mol. The summed E-state index contributed by atoms with van der Waals surface area (Å²) in [6.07, 6.45) is 0. The van der Waals surface area contributed by atoms with E-state index in [9.17, 15) is 0 Å². The number of nitriles is 1. The number of thiophene rings is 1. The fourth-order valence-electron chi connectivity index (χ4n) is 1.33. The Kier molecular flexibility index (Phi) is 2.42. The van der Waals surface area contributed by atoms with E-state index in [-0.39, 0.29) is 6.61 Å². The first-order valence-corrected chi connectivity index (χ1v) is 5.23. The number of aliphatic hydroxyl groups excluding tert-OH is 1. The van der Waals surface area contributed by atoms with Crippen molar-refractivity contribution in [1.82, 2.24) is 0 Å². The van der Waals surface area contributed by atoms with Gasteiger partial charge in [-0.2, -0.15) is 5.26 Å². The van der Waals surface area contributed by atoms with E-state index >= 15 is 0 Å². The molecule has 2 aromatic rings. The topological polar surface area (TPSA) is 44.0 Å². The third-order valence-electron chi connectivity index (χ3n) is 2.05. The van der Waals surface area contributed by atoms with E-state index in [1.54, 1.807) is 6.07 Å². The summed E-state index contributed by atoms with van der Waals surface area (Å²) in [6.45, 7) is 0.00221. The summed E-state index contributed by atoms with van der Waals surface area (Å²) >= 11 is 7.47. The summed E-state index contributed by atoms with van der Waals surface area (Å²) in [7, 11) is 0. The van der Waals surface area contributed by atoms with E-state index in [0.717, 1.165) is 15.6 Å². The minimum Gasteiger partial charge on any atom is -0.392 e. The first-order chi connectivity index (χ1) is 6.77. The lowest BCUT2D eigenvalue weighted by molar-refractivity contribution is 0.284. The summed E-state index contributed by atoms with van der Waals surface area (Å²) in [6, 6.07) is 5.53. The molecule has 0 aliphatic carbocycles. The molecule has 0 aliphatic heterocycles. The highest BCUT2D eigenvalue weighted by Gasteiger charge is 2.09.